The Kier molecular flexibility index (Phi) is 4.26. The van der Waals surface area contributed by atoms with Crippen molar-refractivity contribution < 1.29 is 0 Å². The van der Waals surface area contributed by atoms with Crippen LogP contribution in [0.2, 0.25) is 0 Å². The first-order valence-corrected chi connectivity index (χ1v) is 5.87. The molecule has 0 spiro atoms. The minimum atomic E-state index is 0.534. The van der Waals surface area contributed by atoms with E-state index in [4.69, 9.17) is 0 Å². The van der Waals surface area contributed by atoms with E-state index in [1.165, 1.54) is 8.66 Å². The molecule has 1 aromatic heterocycles. The van der Waals surface area contributed by atoms with E-state index in [1.807, 2.05) is 11.3 Å². The van der Waals surface area contributed by atoms with Crippen LogP contribution in [0.3, 0.4) is 0 Å². The molecule has 0 bridgehead atoms. The standard InChI is InChI=1S/C9H14BrNS/c1-3-7(11-4-2)8-5-6-9(10)12-8/h5-7,11H,3-4H2,1-2H3. The minimum absolute atomic E-state index is 0.534. The highest BCUT2D eigenvalue weighted by Crippen LogP contribution is 2.28. The number of thiophene rings is 1. The topological polar surface area (TPSA) is 12.0 Å². The van der Waals surface area contributed by atoms with Crippen LogP contribution in [0.15, 0.2) is 15.9 Å². The molecule has 68 valence electrons. The maximum atomic E-state index is 3.47. The molecule has 0 saturated carbocycles. The van der Waals surface area contributed by atoms with Crippen LogP contribution < -0.4 is 5.32 Å². The van der Waals surface area contributed by atoms with Crippen LogP contribution in [-0.2, 0) is 0 Å². The van der Waals surface area contributed by atoms with Gasteiger partial charge in [0.15, 0.2) is 0 Å². The highest BCUT2D eigenvalue weighted by Gasteiger charge is 2.08. The van der Waals surface area contributed by atoms with Crippen molar-refractivity contribution in [3.05, 3.63) is 20.8 Å². The van der Waals surface area contributed by atoms with Crippen LogP contribution in [0.4, 0.5) is 0 Å². The molecule has 0 aromatic carbocycles. The van der Waals surface area contributed by atoms with Gasteiger partial charge in [0.2, 0.25) is 0 Å². The third kappa shape index (κ3) is 2.57. The second-order valence-corrected chi connectivity index (χ2v) is 5.15. The lowest BCUT2D eigenvalue weighted by atomic mass is 10.2. The number of hydrogen-bond donors (Lipinski definition) is 1. The summed E-state index contributed by atoms with van der Waals surface area (Å²) >= 11 is 5.29. The van der Waals surface area contributed by atoms with Gasteiger partial charge in [-0.25, -0.2) is 0 Å². The Hall–Kier alpha value is 0.140. The Labute approximate surface area is 86.3 Å². The van der Waals surface area contributed by atoms with Gasteiger partial charge < -0.3 is 5.32 Å². The van der Waals surface area contributed by atoms with Crippen molar-refractivity contribution >= 4 is 27.3 Å². The van der Waals surface area contributed by atoms with Gasteiger partial charge in [0.1, 0.15) is 0 Å². The molecule has 0 aliphatic rings. The largest absolute Gasteiger partial charge is 0.310 e. The first-order chi connectivity index (χ1) is 5.77. The quantitative estimate of drug-likeness (QED) is 0.858. The molecule has 1 rings (SSSR count). The Bertz CT molecular complexity index is 234. The molecule has 0 radical (unpaired) electrons. The molecule has 0 aliphatic carbocycles. The lowest BCUT2D eigenvalue weighted by molar-refractivity contribution is 0.545. The number of rotatable bonds is 4. The van der Waals surface area contributed by atoms with Crippen molar-refractivity contribution in [2.45, 2.75) is 26.3 Å². The molecule has 0 fully saturated rings. The Morgan fingerprint density at radius 1 is 1.50 bits per heavy atom. The molecule has 1 heterocycles. The third-order valence-electron chi connectivity index (χ3n) is 1.80. The van der Waals surface area contributed by atoms with E-state index in [2.05, 4.69) is 47.2 Å². The molecule has 1 N–H and O–H groups in total. The van der Waals surface area contributed by atoms with E-state index in [0.717, 1.165) is 13.0 Å². The van der Waals surface area contributed by atoms with Gasteiger partial charge >= 0.3 is 0 Å². The molecule has 1 aromatic rings. The van der Waals surface area contributed by atoms with Gasteiger partial charge in [-0.1, -0.05) is 13.8 Å². The van der Waals surface area contributed by atoms with Gasteiger partial charge in [0.25, 0.3) is 0 Å². The van der Waals surface area contributed by atoms with Crippen molar-refractivity contribution in [1.29, 1.82) is 0 Å². The summed E-state index contributed by atoms with van der Waals surface area (Å²) < 4.78 is 1.22. The van der Waals surface area contributed by atoms with E-state index in [-0.39, 0.29) is 0 Å². The Balaban J connectivity index is 2.66. The second-order valence-electron chi connectivity index (χ2n) is 2.66. The van der Waals surface area contributed by atoms with Crippen LogP contribution >= 0.6 is 27.3 Å². The predicted molar refractivity (Wildman–Crippen MR) is 58.7 cm³/mol. The average molecular weight is 248 g/mol. The monoisotopic (exact) mass is 247 g/mol. The molecule has 3 heteroatoms. The van der Waals surface area contributed by atoms with Crippen molar-refractivity contribution in [3.63, 3.8) is 0 Å². The van der Waals surface area contributed by atoms with E-state index >= 15 is 0 Å². The third-order valence-corrected chi connectivity index (χ3v) is 3.53. The van der Waals surface area contributed by atoms with Crippen LogP contribution in [0, 0.1) is 0 Å². The van der Waals surface area contributed by atoms with Crippen LogP contribution in [-0.4, -0.2) is 6.54 Å². The van der Waals surface area contributed by atoms with Crippen LogP contribution in [0.1, 0.15) is 31.2 Å². The Morgan fingerprint density at radius 3 is 2.67 bits per heavy atom. The molecular formula is C9H14BrNS. The van der Waals surface area contributed by atoms with E-state index in [9.17, 15) is 0 Å². The first kappa shape index (κ1) is 10.2. The van der Waals surface area contributed by atoms with Gasteiger partial charge in [0.05, 0.1) is 3.79 Å². The zero-order valence-corrected chi connectivity index (χ0v) is 9.83. The number of hydrogen-bond acceptors (Lipinski definition) is 2. The average Bonchev–Trinajstić information content (AvgIpc) is 2.47. The second kappa shape index (κ2) is 5.00. The van der Waals surface area contributed by atoms with Gasteiger partial charge in [-0.2, -0.15) is 0 Å². The zero-order valence-electron chi connectivity index (χ0n) is 7.43. The van der Waals surface area contributed by atoms with Crippen molar-refractivity contribution in [1.82, 2.24) is 5.32 Å². The fraction of sp³-hybridized carbons (Fsp3) is 0.556. The number of nitrogens with one attached hydrogen (secondary N) is 1. The van der Waals surface area contributed by atoms with E-state index in [1.54, 1.807) is 0 Å². The highest BCUT2D eigenvalue weighted by atomic mass is 79.9. The summed E-state index contributed by atoms with van der Waals surface area (Å²) in [6.07, 6.45) is 1.15. The van der Waals surface area contributed by atoms with Gasteiger partial charge in [-0.3, -0.25) is 0 Å². The summed E-state index contributed by atoms with van der Waals surface area (Å²) in [4.78, 5) is 1.42. The molecule has 0 aliphatic heterocycles. The zero-order chi connectivity index (χ0) is 8.97. The summed E-state index contributed by atoms with van der Waals surface area (Å²) in [7, 11) is 0. The van der Waals surface area contributed by atoms with Gasteiger partial charge in [-0.05, 0) is 41.0 Å². The van der Waals surface area contributed by atoms with Gasteiger partial charge in [0, 0.05) is 10.9 Å². The molecule has 1 atom stereocenters. The van der Waals surface area contributed by atoms with E-state index in [0.29, 0.717) is 6.04 Å². The van der Waals surface area contributed by atoms with Crippen LogP contribution in [0.5, 0.6) is 0 Å². The van der Waals surface area contributed by atoms with Crippen molar-refractivity contribution in [3.8, 4) is 0 Å². The normalized spacial score (nSPS) is 13.2. The Morgan fingerprint density at radius 2 is 2.25 bits per heavy atom. The number of halogens is 1. The fourth-order valence-corrected chi connectivity index (χ4v) is 2.79. The minimum Gasteiger partial charge on any atom is -0.310 e. The lowest BCUT2D eigenvalue weighted by Gasteiger charge is -2.12. The smallest absolute Gasteiger partial charge is 0.0701 e. The summed E-state index contributed by atoms with van der Waals surface area (Å²) in [5.74, 6) is 0. The van der Waals surface area contributed by atoms with E-state index < -0.39 is 0 Å². The molecule has 0 amide bonds. The summed E-state index contributed by atoms with van der Waals surface area (Å²) in [5, 5.41) is 3.45. The highest BCUT2D eigenvalue weighted by molar-refractivity contribution is 9.11. The lowest BCUT2D eigenvalue weighted by Crippen LogP contribution is -2.18. The summed E-state index contributed by atoms with van der Waals surface area (Å²) in [6, 6.07) is 4.83. The molecule has 1 unspecified atom stereocenters. The molecule has 12 heavy (non-hydrogen) atoms. The van der Waals surface area contributed by atoms with Crippen molar-refractivity contribution in [2.24, 2.45) is 0 Å². The molecule has 0 saturated heterocycles. The molecular weight excluding hydrogens is 234 g/mol. The maximum Gasteiger partial charge on any atom is 0.0701 e. The SMILES string of the molecule is CCNC(CC)c1ccc(Br)s1. The first-order valence-electron chi connectivity index (χ1n) is 4.26. The van der Waals surface area contributed by atoms with Gasteiger partial charge in [-0.15, -0.1) is 11.3 Å². The predicted octanol–water partition coefficient (Wildman–Crippen LogP) is 3.57. The molecule has 1 nitrogen and oxygen atoms in total. The van der Waals surface area contributed by atoms with Crippen molar-refractivity contribution in [2.75, 3.05) is 6.54 Å². The fourth-order valence-electron chi connectivity index (χ4n) is 1.21. The summed E-state index contributed by atoms with van der Waals surface area (Å²) in [6.45, 7) is 5.39. The van der Waals surface area contributed by atoms with Crippen LogP contribution in [0.25, 0.3) is 0 Å². The maximum absolute atomic E-state index is 3.47. The summed E-state index contributed by atoms with van der Waals surface area (Å²) in [5.41, 5.74) is 0.